The van der Waals surface area contributed by atoms with E-state index >= 15 is 0 Å². The Morgan fingerprint density at radius 2 is 2.12 bits per heavy atom. The molecular weight excluding hydrogens is 241 g/mol. The fourth-order valence-corrected chi connectivity index (χ4v) is 1.76. The summed E-state index contributed by atoms with van der Waals surface area (Å²) in [4.78, 5) is 8.74. The third kappa shape index (κ3) is 3.57. The van der Waals surface area contributed by atoms with E-state index in [9.17, 15) is 4.39 Å². The minimum absolute atomic E-state index is 0.0216. The molecule has 5 heteroatoms. The Kier molecular flexibility index (Phi) is 3.94. The van der Waals surface area contributed by atoms with Gasteiger partial charge < -0.3 is 4.90 Å². The van der Waals surface area contributed by atoms with Gasteiger partial charge in [0.25, 0.3) is 0 Å². The van der Waals surface area contributed by atoms with Crippen molar-refractivity contribution in [1.29, 1.82) is 0 Å². The molecule has 0 saturated carbocycles. The monoisotopic (exact) mass is 255 g/mol. The van der Waals surface area contributed by atoms with Crippen LogP contribution in [-0.4, -0.2) is 18.6 Å². The van der Waals surface area contributed by atoms with Crippen LogP contribution in [0.1, 0.15) is 20.8 Å². The van der Waals surface area contributed by atoms with Gasteiger partial charge in [-0.25, -0.2) is 14.2 Å². The molecule has 0 amide bonds. The molecule has 0 atom stereocenters. The number of anilines is 1. The van der Waals surface area contributed by atoms with E-state index in [0.717, 1.165) is 6.07 Å². The van der Waals surface area contributed by atoms with Crippen LogP contribution in [0, 0.1) is 17.8 Å². The molecule has 0 aliphatic heterocycles. The quantitative estimate of drug-likeness (QED) is 0.590. The lowest BCUT2D eigenvalue weighted by atomic mass is 9.96. The molecule has 1 aromatic rings. The van der Waals surface area contributed by atoms with Gasteiger partial charge in [-0.3, -0.25) is 0 Å². The van der Waals surface area contributed by atoms with Crippen LogP contribution in [0.15, 0.2) is 6.07 Å². The van der Waals surface area contributed by atoms with Gasteiger partial charge >= 0.3 is 0 Å². The standard InChI is InChI=1S/C12H15ClFN3/c1-12(2,3)7-17(5)11-8(14)6-9(15-4)10(13)16-11/h6H,7H2,1-3,5H3. The highest BCUT2D eigenvalue weighted by Crippen LogP contribution is 2.29. The Labute approximate surface area is 106 Å². The zero-order chi connectivity index (χ0) is 13.2. The Hall–Kier alpha value is -1.34. The molecule has 3 nitrogen and oxygen atoms in total. The number of pyridine rings is 1. The van der Waals surface area contributed by atoms with Crippen molar-refractivity contribution in [3.05, 3.63) is 28.5 Å². The van der Waals surface area contributed by atoms with Crippen LogP contribution < -0.4 is 4.90 Å². The molecule has 0 N–H and O–H groups in total. The summed E-state index contributed by atoms with van der Waals surface area (Å²) in [5.74, 6) is -0.343. The second-order valence-electron chi connectivity index (χ2n) is 5.13. The molecule has 0 fully saturated rings. The van der Waals surface area contributed by atoms with Gasteiger partial charge in [0.05, 0.1) is 6.57 Å². The van der Waals surface area contributed by atoms with Crippen LogP contribution in [0.5, 0.6) is 0 Å². The van der Waals surface area contributed by atoms with Crippen LogP contribution >= 0.6 is 11.6 Å². The molecule has 0 bridgehead atoms. The average Bonchev–Trinajstić information content (AvgIpc) is 2.18. The predicted octanol–water partition coefficient (Wildman–Crippen LogP) is 3.91. The molecule has 1 rings (SSSR count). The van der Waals surface area contributed by atoms with Gasteiger partial charge in [0.1, 0.15) is 5.15 Å². The summed E-state index contributed by atoms with van der Waals surface area (Å²) in [5, 5.41) is 0.0390. The third-order valence-corrected chi connectivity index (χ3v) is 2.36. The van der Waals surface area contributed by atoms with Gasteiger partial charge in [-0.2, -0.15) is 0 Å². The van der Waals surface area contributed by atoms with Gasteiger partial charge in [0.15, 0.2) is 11.6 Å². The van der Waals surface area contributed by atoms with E-state index in [2.05, 4.69) is 30.6 Å². The summed E-state index contributed by atoms with van der Waals surface area (Å²) in [6, 6.07) is 1.12. The van der Waals surface area contributed by atoms with E-state index in [4.69, 9.17) is 18.2 Å². The lowest BCUT2D eigenvalue weighted by Crippen LogP contribution is -2.30. The number of hydrogen-bond donors (Lipinski definition) is 0. The van der Waals surface area contributed by atoms with Crippen LogP contribution in [0.25, 0.3) is 4.85 Å². The molecule has 0 saturated heterocycles. The van der Waals surface area contributed by atoms with Crippen molar-refractivity contribution >= 4 is 23.1 Å². The fraction of sp³-hybridized carbons (Fsp3) is 0.500. The molecule has 0 aliphatic rings. The van der Waals surface area contributed by atoms with Crippen molar-refractivity contribution < 1.29 is 4.39 Å². The highest BCUT2D eigenvalue weighted by molar-refractivity contribution is 6.32. The van der Waals surface area contributed by atoms with Gasteiger partial charge in [0, 0.05) is 13.6 Å². The molecule has 0 spiro atoms. The molecule has 1 heterocycles. The molecule has 1 aromatic heterocycles. The topological polar surface area (TPSA) is 20.5 Å². The Bertz CT molecular complexity index is 460. The van der Waals surface area contributed by atoms with Gasteiger partial charge in [-0.15, -0.1) is 0 Å². The fourth-order valence-electron chi connectivity index (χ4n) is 1.58. The molecular formula is C12H15ClFN3. The van der Waals surface area contributed by atoms with Crippen molar-refractivity contribution in [2.75, 3.05) is 18.5 Å². The summed E-state index contributed by atoms with van der Waals surface area (Å²) in [7, 11) is 1.75. The first-order valence-electron chi connectivity index (χ1n) is 5.19. The van der Waals surface area contributed by atoms with E-state index in [1.807, 2.05) is 0 Å². The van der Waals surface area contributed by atoms with Crippen molar-refractivity contribution in [2.45, 2.75) is 20.8 Å². The normalized spacial score (nSPS) is 11.1. The second kappa shape index (κ2) is 4.89. The van der Waals surface area contributed by atoms with Crippen LogP contribution in [-0.2, 0) is 0 Å². The van der Waals surface area contributed by atoms with Crippen LogP contribution in [0.2, 0.25) is 5.15 Å². The molecule has 0 aliphatic carbocycles. The molecule has 0 aromatic carbocycles. The maximum Gasteiger partial charge on any atom is 0.226 e. The Balaban J connectivity index is 3.08. The first-order valence-corrected chi connectivity index (χ1v) is 5.57. The summed E-state index contributed by atoms with van der Waals surface area (Å²) < 4.78 is 13.7. The first kappa shape index (κ1) is 13.7. The van der Waals surface area contributed by atoms with Crippen molar-refractivity contribution in [2.24, 2.45) is 5.41 Å². The lowest BCUT2D eigenvalue weighted by molar-refractivity contribution is 0.415. The first-order chi connectivity index (χ1) is 7.74. The van der Waals surface area contributed by atoms with Crippen molar-refractivity contribution in [1.82, 2.24) is 4.98 Å². The minimum Gasteiger partial charge on any atom is -0.357 e. The van der Waals surface area contributed by atoms with Gasteiger partial charge in [-0.05, 0) is 11.5 Å². The molecule has 0 radical (unpaired) electrons. The third-order valence-electron chi connectivity index (χ3n) is 2.09. The predicted molar refractivity (Wildman–Crippen MR) is 68.2 cm³/mol. The van der Waals surface area contributed by atoms with E-state index in [1.165, 1.54) is 0 Å². The minimum atomic E-state index is -0.521. The SMILES string of the molecule is [C-]#[N+]c1cc(F)c(N(C)CC(C)(C)C)nc1Cl. The van der Waals surface area contributed by atoms with E-state index in [1.54, 1.807) is 11.9 Å². The number of rotatable bonds is 2. The Morgan fingerprint density at radius 1 is 1.53 bits per heavy atom. The summed E-state index contributed by atoms with van der Waals surface area (Å²) in [5.41, 5.74) is 0.0606. The maximum absolute atomic E-state index is 13.7. The van der Waals surface area contributed by atoms with E-state index < -0.39 is 5.82 Å². The second-order valence-corrected chi connectivity index (χ2v) is 5.49. The number of halogens is 2. The van der Waals surface area contributed by atoms with Crippen molar-refractivity contribution in [3.8, 4) is 0 Å². The molecule has 0 unspecified atom stereocenters. The zero-order valence-electron chi connectivity index (χ0n) is 10.4. The molecule has 17 heavy (non-hydrogen) atoms. The maximum atomic E-state index is 13.7. The molecule has 92 valence electrons. The number of hydrogen-bond acceptors (Lipinski definition) is 2. The highest BCUT2D eigenvalue weighted by Gasteiger charge is 2.19. The van der Waals surface area contributed by atoms with Gasteiger partial charge in [0.2, 0.25) is 5.69 Å². The average molecular weight is 256 g/mol. The zero-order valence-corrected chi connectivity index (χ0v) is 11.1. The van der Waals surface area contributed by atoms with E-state index in [0.29, 0.717) is 6.54 Å². The number of nitrogens with zero attached hydrogens (tertiary/aromatic N) is 3. The lowest BCUT2D eigenvalue weighted by Gasteiger charge is -2.27. The number of aromatic nitrogens is 1. The largest absolute Gasteiger partial charge is 0.357 e. The smallest absolute Gasteiger partial charge is 0.226 e. The van der Waals surface area contributed by atoms with Crippen LogP contribution in [0.3, 0.4) is 0 Å². The summed E-state index contributed by atoms with van der Waals surface area (Å²) in [6.45, 7) is 13.6. The van der Waals surface area contributed by atoms with Crippen LogP contribution in [0.4, 0.5) is 15.9 Å². The van der Waals surface area contributed by atoms with E-state index in [-0.39, 0.29) is 22.1 Å². The summed E-state index contributed by atoms with van der Waals surface area (Å²) >= 11 is 5.80. The van der Waals surface area contributed by atoms with Gasteiger partial charge in [-0.1, -0.05) is 32.4 Å². The van der Waals surface area contributed by atoms with Crippen molar-refractivity contribution in [3.63, 3.8) is 0 Å². The summed E-state index contributed by atoms with van der Waals surface area (Å²) in [6.07, 6.45) is 0. The highest BCUT2D eigenvalue weighted by atomic mass is 35.5. The Morgan fingerprint density at radius 3 is 2.59 bits per heavy atom.